The first-order valence-corrected chi connectivity index (χ1v) is 11.0. The van der Waals surface area contributed by atoms with E-state index in [2.05, 4.69) is 0 Å². The van der Waals surface area contributed by atoms with Gasteiger partial charge < -0.3 is 30.3 Å². The van der Waals surface area contributed by atoms with E-state index in [1.165, 1.54) is 0 Å². The Morgan fingerprint density at radius 3 is 2.55 bits per heavy atom. The summed E-state index contributed by atoms with van der Waals surface area (Å²) in [5.41, 5.74) is 9.45. The van der Waals surface area contributed by atoms with Crippen LogP contribution in [0.5, 0.6) is 5.75 Å². The maximum Gasteiger partial charge on any atom is 0.342 e. The molecule has 0 radical (unpaired) electrons. The van der Waals surface area contributed by atoms with Gasteiger partial charge in [0.1, 0.15) is 17.9 Å². The molecule has 0 atom stereocenters. The van der Waals surface area contributed by atoms with E-state index in [0.717, 1.165) is 21.6 Å². The van der Waals surface area contributed by atoms with Crippen molar-refractivity contribution >= 4 is 19.6 Å². The predicted octanol–water partition coefficient (Wildman–Crippen LogP) is 1.98. The Morgan fingerprint density at radius 1 is 1.34 bits per heavy atom. The number of primary amides is 1. The second-order valence-electron chi connectivity index (χ2n) is 7.12. The lowest BCUT2D eigenvalue weighted by Gasteiger charge is -2.21. The van der Waals surface area contributed by atoms with Crippen LogP contribution in [0.4, 0.5) is 4.79 Å². The van der Waals surface area contributed by atoms with Crippen molar-refractivity contribution in [3.8, 4) is 5.75 Å². The number of carbonyl (C=O) groups is 2. The molecule has 1 aromatic carbocycles. The number of rotatable bonds is 8. The summed E-state index contributed by atoms with van der Waals surface area (Å²) in [5.74, 6) is -0.621. The number of benzene rings is 1. The van der Waals surface area contributed by atoms with E-state index in [0.29, 0.717) is 24.0 Å². The predicted molar refractivity (Wildman–Crippen MR) is 107 cm³/mol. The van der Waals surface area contributed by atoms with Gasteiger partial charge >= 0.3 is 19.6 Å². The fourth-order valence-electron chi connectivity index (χ4n) is 3.50. The monoisotopic (exact) mass is 426 g/mol. The van der Waals surface area contributed by atoms with Gasteiger partial charge in [0.2, 0.25) is 0 Å². The van der Waals surface area contributed by atoms with E-state index in [1.807, 2.05) is 13.8 Å². The van der Waals surface area contributed by atoms with Crippen molar-refractivity contribution in [3.05, 3.63) is 39.5 Å². The molecule has 29 heavy (non-hydrogen) atoms. The normalized spacial score (nSPS) is 14.0. The van der Waals surface area contributed by atoms with Gasteiger partial charge in [-0.3, -0.25) is 4.57 Å². The molecule has 0 fully saturated rings. The number of cyclic esters (lactones) is 1. The van der Waals surface area contributed by atoms with E-state index >= 15 is 0 Å². The number of hydrogen-bond acceptors (Lipinski definition) is 5. The molecule has 160 valence electrons. The highest BCUT2D eigenvalue weighted by Crippen LogP contribution is 2.38. The summed E-state index contributed by atoms with van der Waals surface area (Å²) in [7, 11) is -4.25. The van der Waals surface area contributed by atoms with Crippen molar-refractivity contribution in [2.45, 2.75) is 40.2 Å². The minimum absolute atomic E-state index is 0.0812. The molecule has 0 saturated heterocycles. The van der Waals surface area contributed by atoms with Crippen LogP contribution in [0.25, 0.3) is 0 Å². The topological polar surface area (TPSA) is 150 Å². The van der Waals surface area contributed by atoms with Crippen molar-refractivity contribution in [1.82, 2.24) is 4.90 Å². The number of carbonyl (C=O) groups excluding carboxylic acids is 2. The van der Waals surface area contributed by atoms with E-state index < -0.39 is 25.8 Å². The summed E-state index contributed by atoms with van der Waals surface area (Å²) >= 11 is 0. The summed E-state index contributed by atoms with van der Waals surface area (Å²) in [6, 6.07) is -0.778. The maximum atomic E-state index is 12.0. The van der Waals surface area contributed by atoms with Crippen molar-refractivity contribution in [2.24, 2.45) is 5.73 Å². The zero-order valence-corrected chi connectivity index (χ0v) is 17.7. The first-order chi connectivity index (χ1) is 13.5. The van der Waals surface area contributed by atoms with Crippen molar-refractivity contribution < 1.29 is 33.8 Å². The molecule has 1 heterocycles. The first kappa shape index (κ1) is 22.9. The average molecular weight is 426 g/mol. The Morgan fingerprint density at radius 2 is 2.00 bits per heavy atom. The SMILES string of the molecule is CCc1c(C)c2c(c(O)c1C/C=C(\C)CN(CCP(=O)(O)O)C(N)=O)C(=O)OC2. The number of phenols is 1. The maximum absolute atomic E-state index is 12.0. The number of nitrogens with zero attached hydrogens (tertiary/aromatic N) is 1. The van der Waals surface area contributed by atoms with Crippen LogP contribution in [-0.2, 0) is 28.8 Å². The van der Waals surface area contributed by atoms with Crippen LogP contribution >= 0.6 is 7.60 Å². The number of allylic oxidation sites excluding steroid dienone is 1. The summed E-state index contributed by atoms with van der Waals surface area (Å²) < 4.78 is 16.1. The number of esters is 1. The molecule has 0 spiro atoms. The fourth-order valence-corrected chi connectivity index (χ4v) is 4.00. The summed E-state index contributed by atoms with van der Waals surface area (Å²) in [6.07, 6.45) is 2.32. The van der Waals surface area contributed by atoms with Crippen LogP contribution in [0, 0.1) is 6.92 Å². The molecule has 0 saturated carbocycles. The second kappa shape index (κ2) is 8.98. The molecule has 0 aliphatic carbocycles. The molecule has 2 amide bonds. The van der Waals surface area contributed by atoms with Gasteiger partial charge in [0, 0.05) is 24.2 Å². The van der Waals surface area contributed by atoms with E-state index in [-0.39, 0.29) is 31.0 Å². The molecular weight excluding hydrogens is 399 g/mol. The molecule has 2 rings (SSSR count). The highest BCUT2D eigenvalue weighted by Gasteiger charge is 2.30. The number of nitrogens with two attached hydrogens (primary N) is 1. The molecule has 0 aromatic heterocycles. The first-order valence-electron chi connectivity index (χ1n) is 9.24. The average Bonchev–Trinajstić information content (AvgIpc) is 3.01. The van der Waals surface area contributed by atoms with Crippen molar-refractivity contribution in [3.63, 3.8) is 0 Å². The van der Waals surface area contributed by atoms with Crippen LogP contribution in [-0.4, -0.2) is 51.0 Å². The Bertz CT molecular complexity index is 905. The molecule has 1 aliphatic rings. The van der Waals surface area contributed by atoms with E-state index in [4.69, 9.17) is 20.3 Å². The van der Waals surface area contributed by atoms with Crippen molar-refractivity contribution in [1.29, 1.82) is 0 Å². The van der Waals surface area contributed by atoms with Gasteiger partial charge in [-0.1, -0.05) is 18.6 Å². The summed E-state index contributed by atoms with van der Waals surface area (Å²) in [4.78, 5) is 42.7. The quantitative estimate of drug-likeness (QED) is 0.282. The van der Waals surface area contributed by atoms with Gasteiger partial charge in [-0.05, 0) is 37.8 Å². The van der Waals surface area contributed by atoms with Crippen LogP contribution in [0.2, 0.25) is 0 Å². The smallest absolute Gasteiger partial charge is 0.342 e. The Hall–Kier alpha value is -2.35. The largest absolute Gasteiger partial charge is 0.507 e. The number of phenolic OH excluding ortho intramolecular Hbond substituents is 1. The fraction of sp³-hybridized carbons (Fsp3) is 0.474. The number of hydrogen-bond donors (Lipinski definition) is 4. The third kappa shape index (κ3) is 5.38. The Balaban J connectivity index is 2.25. The third-order valence-electron chi connectivity index (χ3n) is 5.07. The molecule has 1 aliphatic heterocycles. The number of amides is 2. The van der Waals surface area contributed by atoms with Gasteiger partial charge in [-0.2, -0.15) is 0 Å². The minimum Gasteiger partial charge on any atom is -0.507 e. The lowest BCUT2D eigenvalue weighted by Crippen LogP contribution is -2.38. The zero-order chi connectivity index (χ0) is 21.9. The second-order valence-corrected chi connectivity index (χ2v) is 8.89. The third-order valence-corrected chi connectivity index (χ3v) is 5.85. The minimum atomic E-state index is -4.25. The molecule has 9 nitrogen and oxygen atoms in total. The van der Waals surface area contributed by atoms with Crippen LogP contribution in [0.15, 0.2) is 11.6 Å². The molecular formula is C19H27N2O7P. The van der Waals surface area contributed by atoms with E-state index in [1.54, 1.807) is 13.0 Å². The van der Waals surface area contributed by atoms with Crippen LogP contribution < -0.4 is 5.73 Å². The molecule has 10 heteroatoms. The molecule has 1 aromatic rings. The Kier molecular flexibility index (Phi) is 7.11. The van der Waals surface area contributed by atoms with Gasteiger partial charge in [-0.15, -0.1) is 0 Å². The molecule has 5 N–H and O–H groups in total. The highest BCUT2D eigenvalue weighted by atomic mass is 31.2. The van der Waals surface area contributed by atoms with Crippen LogP contribution in [0.3, 0.4) is 0 Å². The summed E-state index contributed by atoms with van der Waals surface area (Å²) in [5, 5.41) is 10.7. The lowest BCUT2D eigenvalue weighted by atomic mass is 9.89. The van der Waals surface area contributed by atoms with Crippen molar-refractivity contribution in [2.75, 3.05) is 19.3 Å². The zero-order valence-electron chi connectivity index (χ0n) is 16.8. The van der Waals surface area contributed by atoms with E-state index in [9.17, 15) is 19.3 Å². The molecule has 0 unspecified atom stereocenters. The van der Waals surface area contributed by atoms with Gasteiger partial charge in [0.15, 0.2) is 0 Å². The van der Waals surface area contributed by atoms with Gasteiger partial charge in [-0.25, -0.2) is 9.59 Å². The van der Waals surface area contributed by atoms with Crippen LogP contribution in [0.1, 0.15) is 46.5 Å². The van der Waals surface area contributed by atoms with Gasteiger partial charge in [0.05, 0.1) is 6.16 Å². The Labute approximate surface area is 169 Å². The lowest BCUT2D eigenvalue weighted by molar-refractivity contribution is 0.0532. The number of urea groups is 1. The standard InChI is InChI=1S/C19H27N2O7P/c1-4-13-12(3)15-10-28-18(23)16(15)17(22)14(13)6-5-11(2)9-21(19(20)24)7-8-29(25,26)27/h5,22H,4,6-10H2,1-3H3,(H2,20,24)(H2,25,26,27)/b11-5+. The molecule has 0 bridgehead atoms. The van der Waals surface area contributed by atoms with Gasteiger partial charge in [0.25, 0.3) is 0 Å². The number of aromatic hydroxyl groups is 1. The number of fused-ring (bicyclic) bond motifs is 1. The summed E-state index contributed by atoms with van der Waals surface area (Å²) in [6.45, 7) is 5.70. The highest BCUT2D eigenvalue weighted by molar-refractivity contribution is 7.51. The number of ether oxygens (including phenoxy) is 1.